The van der Waals surface area contributed by atoms with Crippen molar-refractivity contribution in [2.24, 2.45) is 5.92 Å². The molecule has 2 aromatic heterocycles. The van der Waals surface area contributed by atoms with Gasteiger partial charge in [-0.3, -0.25) is 4.79 Å². The van der Waals surface area contributed by atoms with E-state index in [2.05, 4.69) is 32.3 Å². The number of rotatable bonds is 8. The molecule has 168 valence electrons. The van der Waals surface area contributed by atoms with Gasteiger partial charge in [0.25, 0.3) is 5.89 Å². The molecule has 0 aliphatic carbocycles. The normalized spacial score (nSPS) is 14.5. The number of aryl methyl sites for hydroxylation is 1. The zero-order valence-electron chi connectivity index (χ0n) is 18.9. The number of unbranched alkanes of at least 4 members (excludes halogenated alkanes) is 2. The smallest absolute Gasteiger partial charge is 0.261 e. The van der Waals surface area contributed by atoms with E-state index in [1.165, 1.54) is 5.56 Å². The summed E-state index contributed by atoms with van der Waals surface area (Å²) in [6, 6.07) is 11.9. The summed E-state index contributed by atoms with van der Waals surface area (Å²) in [4.78, 5) is 23.9. The van der Waals surface area contributed by atoms with Crippen LogP contribution in [0.15, 0.2) is 47.1 Å². The summed E-state index contributed by atoms with van der Waals surface area (Å²) >= 11 is 0. The number of hydrogen-bond acceptors (Lipinski definition) is 6. The molecule has 1 N–H and O–H groups in total. The first-order valence-corrected chi connectivity index (χ1v) is 11.5. The van der Waals surface area contributed by atoms with Gasteiger partial charge >= 0.3 is 0 Å². The van der Waals surface area contributed by atoms with Crippen LogP contribution < -0.4 is 10.2 Å². The van der Waals surface area contributed by atoms with E-state index in [4.69, 9.17) is 4.52 Å². The van der Waals surface area contributed by atoms with Gasteiger partial charge in [0.1, 0.15) is 5.82 Å². The average Bonchev–Trinajstić information content (AvgIpc) is 3.32. The van der Waals surface area contributed by atoms with Crippen molar-refractivity contribution in [2.45, 2.75) is 46.0 Å². The number of aromatic nitrogens is 3. The van der Waals surface area contributed by atoms with Crippen LogP contribution in [0, 0.1) is 12.8 Å². The first kappa shape index (κ1) is 22.0. The molecule has 0 spiro atoms. The molecule has 4 rings (SSSR count). The Morgan fingerprint density at radius 3 is 2.69 bits per heavy atom. The zero-order valence-corrected chi connectivity index (χ0v) is 18.9. The predicted octanol–water partition coefficient (Wildman–Crippen LogP) is 4.63. The topological polar surface area (TPSA) is 84.2 Å². The molecule has 3 aromatic rings. The van der Waals surface area contributed by atoms with E-state index in [1.807, 2.05) is 43.3 Å². The standard InChI is InChI=1S/C25H31N5O2/c1-3-4-5-14-27-24(31)20-12-16-30(17-13-20)23-21(7-6-15-26-23)25-28-22(29-32-25)19-10-8-18(2)9-11-19/h6-11,15,20H,3-5,12-14,16-17H2,1-2H3,(H,27,31). The molecule has 0 saturated carbocycles. The molecule has 7 heteroatoms. The van der Waals surface area contributed by atoms with E-state index in [0.717, 1.165) is 68.7 Å². The monoisotopic (exact) mass is 433 g/mol. The van der Waals surface area contributed by atoms with Crippen molar-refractivity contribution in [1.82, 2.24) is 20.4 Å². The molecular formula is C25H31N5O2. The van der Waals surface area contributed by atoms with Crippen molar-refractivity contribution in [2.75, 3.05) is 24.5 Å². The fourth-order valence-corrected chi connectivity index (χ4v) is 4.05. The number of nitrogens with one attached hydrogen (secondary N) is 1. The van der Waals surface area contributed by atoms with Gasteiger partial charge in [0.2, 0.25) is 11.7 Å². The Morgan fingerprint density at radius 1 is 1.16 bits per heavy atom. The van der Waals surface area contributed by atoms with Gasteiger partial charge in [-0.2, -0.15) is 4.98 Å². The molecule has 1 fully saturated rings. The Labute approximate surface area is 189 Å². The highest BCUT2D eigenvalue weighted by Gasteiger charge is 2.27. The Balaban J connectivity index is 1.43. The second-order valence-electron chi connectivity index (χ2n) is 8.42. The second-order valence-corrected chi connectivity index (χ2v) is 8.42. The van der Waals surface area contributed by atoms with E-state index in [0.29, 0.717) is 11.7 Å². The van der Waals surface area contributed by atoms with E-state index in [1.54, 1.807) is 6.20 Å². The molecule has 32 heavy (non-hydrogen) atoms. The number of anilines is 1. The summed E-state index contributed by atoms with van der Waals surface area (Å²) in [5.74, 6) is 2.10. The largest absolute Gasteiger partial charge is 0.356 e. The van der Waals surface area contributed by atoms with E-state index >= 15 is 0 Å². The number of pyridine rings is 1. The lowest BCUT2D eigenvalue weighted by molar-refractivity contribution is -0.125. The molecule has 1 aromatic carbocycles. The fraction of sp³-hybridized carbons (Fsp3) is 0.440. The SMILES string of the molecule is CCCCCNC(=O)C1CCN(c2ncccc2-c2nc(-c3ccc(C)cc3)no2)CC1. The summed E-state index contributed by atoms with van der Waals surface area (Å²) in [5, 5.41) is 7.26. The molecule has 1 amide bonds. The maximum Gasteiger partial charge on any atom is 0.261 e. The molecule has 0 unspecified atom stereocenters. The number of hydrogen-bond donors (Lipinski definition) is 1. The Hall–Kier alpha value is -3.22. The summed E-state index contributed by atoms with van der Waals surface area (Å²) < 4.78 is 5.60. The highest BCUT2D eigenvalue weighted by molar-refractivity contribution is 5.79. The molecular weight excluding hydrogens is 402 g/mol. The molecule has 7 nitrogen and oxygen atoms in total. The maximum absolute atomic E-state index is 12.5. The second kappa shape index (κ2) is 10.4. The van der Waals surface area contributed by atoms with Crippen LogP contribution in [0.4, 0.5) is 5.82 Å². The quantitative estimate of drug-likeness (QED) is 0.522. The van der Waals surface area contributed by atoms with Crippen LogP contribution in [0.5, 0.6) is 0 Å². The van der Waals surface area contributed by atoms with Crippen LogP contribution in [-0.2, 0) is 4.79 Å². The van der Waals surface area contributed by atoms with Crippen molar-refractivity contribution >= 4 is 11.7 Å². The van der Waals surface area contributed by atoms with Gasteiger partial charge in [-0.1, -0.05) is 54.8 Å². The van der Waals surface area contributed by atoms with Gasteiger partial charge in [-0.25, -0.2) is 4.98 Å². The van der Waals surface area contributed by atoms with E-state index in [9.17, 15) is 4.79 Å². The van der Waals surface area contributed by atoms with Crippen molar-refractivity contribution in [1.29, 1.82) is 0 Å². The van der Waals surface area contributed by atoms with Gasteiger partial charge in [-0.15, -0.1) is 0 Å². The summed E-state index contributed by atoms with van der Waals surface area (Å²) in [5.41, 5.74) is 2.92. The molecule has 1 saturated heterocycles. The molecule has 1 aliphatic rings. The molecule has 3 heterocycles. The van der Waals surface area contributed by atoms with Crippen molar-refractivity contribution < 1.29 is 9.32 Å². The van der Waals surface area contributed by atoms with Crippen LogP contribution >= 0.6 is 0 Å². The van der Waals surface area contributed by atoms with Gasteiger partial charge in [-0.05, 0) is 38.3 Å². The van der Waals surface area contributed by atoms with Crippen LogP contribution in [0.2, 0.25) is 0 Å². The predicted molar refractivity (Wildman–Crippen MR) is 125 cm³/mol. The number of carbonyl (C=O) groups excluding carboxylic acids is 1. The van der Waals surface area contributed by atoms with Crippen molar-refractivity contribution in [3.05, 3.63) is 48.2 Å². The Kier molecular flexibility index (Phi) is 7.14. The van der Waals surface area contributed by atoms with Crippen LogP contribution in [0.1, 0.15) is 44.6 Å². The lowest BCUT2D eigenvalue weighted by atomic mass is 9.95. The van der Waals surface area contributed by atoms with Crippen molar-refractivity contribution in [3.63, 3.8) is 0 Å². The number of carbonyl (C=O) groups is 1. The third kappa shape index (κ3) is 5.15. The van der Waals surface area contributed by atoms with Gasteiger partial charge in [0.15, 0.2) is 0 Å². The van der Waals surface area contributed by atoms with E-state index in [-0.39, 0.29) is 11.8 Å². The van der Waals surface area contributed by atoms with Gasteiger partial charge < -0.3 is 14.7 Å². The average molecular weight is 434 g/mol. The van der Waals surface area contributed by atoms with E-state index < -0.39 is 0 Å². The minimum Gasteiger partial charge on any atom is -0.356 e. The molecule has 0 bridgehead atoms. The summed E-state index contributed by atoms with van der Waals surface area (Å²) in [6.45, 7) is 6.54. The Morgan fingerprint density at radius 2 is 1.94 bits per heavy atom. The summed E-state index contributed by atoms with van der Waals surface area (Å²) in [6.07, 6.45) is 6.77. The lowest BCUT2D eigenvalue weighted by Crippen LogP contribution is -2.41. The number of amides is 1. The number of piperidine rings is 1. The van der Waals surface area contributed by atoms with Crippen LogP contribution in [-0.4, -0.2) is 40.7 Å². The first-order chi connectivity index (χ1) is 15.7. The van der Waals surface area contributed by atoms with Crippen LogP contribution in [0.3, 0.4) is 0 Å². The first-order valence-electron chi connectivity index (χ1n) is 11.5. The van der Waals surface area contributed by atoms with Gasteiger partial charge in [0, 0.05) is 37.3 Å². The highest BCUT2D eigenvalue weighted by atomic mass is 16.5. The fourth-order valence-electron chi connectivity index (χ4n) is 4.05. The number of benzene rings is 1. The minimum atomic E-state index is 0.0663. The zero-order chi connectivity index (χ0) is 22.3. The van der Waals surface area contributed by atoms with Gasteiger partial charge in [0.05, 0.1) is 5.56 Å². The van der Waals surface area contributed by atoms with Crippen LogP contribution in [0.25, 0.3) is 22.8 Å². The maximum atomic E-state index is 12.5. The molecule has 0 atom stereocenters. The number of nitrogens with zero attached hydrogens (tertiary/aromatic N) is 4. The third-order valence-electron chi connectivity index (χ3n) is 6.00. The van der Waals surface area contributed by atoms with Crippen molar-refractivity contribution in [3.8, 4) is 22.8 Å². The lowest BCUT2D eigenvalue weighted by Gasteiger charge is -2.32. The molecule has 1 aliphatic heterocycles. The molecule has 0 radical (unpaired) electrons. The highest BCUT2D eigenvalue weighted by Crippen LogP contribution is 2.32. The summed E-state index contributed by atoms with van der Waals surface area (Å²) in [7, 11) is 0. The third-order valence-corrected chi connectivity index (χ3v) is 6.00. The minimum absolute atomic E-state index is 0.0663. The Bertz CT molecular complexity index is 1020.